The highest BCUT2D eigenvalue weighted by atomic mass is 35.5. The van der Waals surface area contributed by atoms with Crippen LogP contribution in [0, 0.1) is 0 Å². The van der Waals surface area contributed by atoms with Gasteiger partial charge in [-0.15, -0.1) is 25.6 Å². The number of ether oxygens (including phenoxy) is 1. The number of halogens is 4. The highest BCUT2D eigenvalue weighted by Crippen LogP contribution is 2.26. The number of para-hydroxylation sites is 1. The van der Waals surface area contributed by atoms with Gasteiger partial charge >= 0.3 is 6.36 Å². The van der Waals surface area contributed by atoms with Gasteiger partial charge in [-0.05, 0) is 13.1 Å². The minimum atomic E-state index is -4.73. The minimum Gasteiger partial charge on any atom is -0.405 e. The molecule has 0 radical (unpaired) electrons. The molecule has 1 amide bonds. The van der Waals surface area contributed by atoms with E-state index < -0.39 is 6.36 Å². The molecule has 0 bridgehead atoms. The molecule has 0 atom stereocenters. The number of carbonyl (C=O) groups excluding carboxylic acids is 1. The molecule has 1 saturated heterocycles. The smallest absolute Gasteiger partial charge is 0.405 e. The number of carbonyl (C=O) groups is 1. The second-order valence-electron chi connectivity index (χ2n) is 5.46. The number of nitrogens with zero attached hydrogens (tertiary/aromatic N) is 2. The van der Waals surface area contributed by atoms with Crippen LogP contribution in [0.25, 0.3) is 0 Å². The monoisotopic (exact) mass is 367 g/mol. The number of hydrogen-bond acceptors (Lipinski definition) is 4. The van der Waals surface area contributed by atoms with Gasteiger partial charge in [-0.2, -0.15) is 0 Å². The molecule has 1 N–H and O–H groups in total. The molecule has 1 fully saturated rings. The van der Waals surface area contributed by atoms with Gasteiger partial charge in [0.1, 0.15) is 5.75 Å². The molecule has 24 heavy (non-hydrogen) atoms. The van der Waals surface area contributed by atoms with Crippen LogP contribution in [0.2, 0.25) is 0 Å². The van der Waals surface area contributed by atoms with Gasteiger partial charge in [0.15, 0.2) is 0 Å². The van der Waals surface area contributed by atoms with Gasteiger partial charge in [-0.3, -0.25) is 9.69 Å². The van der Waals surface area contributed by atoms with Crippen LogP contribution in [0.5, 0.6) is 5.75 Å². The fraction of sp³-hybridized carbons (Fsp3) is 0.533. The molecule has 9 heteroatoms. The minimum absolute atomic E-state index is 0. The van der Waals surface area contributed by atoms with E-state index in [4.69, 9.17) is 0 Å². The SMILES string of the molecule is CN(CC(=O)N1CCNCC1)Cc1ccccc1OC(F)(F)F.Cl. The molecule has 0 aliphatic carbocycles. The Morgan fingerprint density at radius 3 is 2.54 bits per heavy atom. The van der Waals surface area contributed by atoms with Crippen molar-refractivity contribution in [2.24, 2.45) is 0 Å². The fourth-order valence-electron chi connectivity index (χ4n) is 2.45. The molecule has 1 heterocycles. The summed E-state index contributed by atoms with van der Waals surface area (Å²) in [5.41, 5.74) is 0.389. The molecule has 0 spiro atoms. The summed E-state index contributed by atoms with van der Waals surface area (Å²) < 4.78 is 41.3. The van der Waals surface area contributed by atoms with Crippen molar-refractivity contribution in [1.82, 2.24) is 15.1 Å². The standard InChI is InChI=1S/C15H20F3N3O2.ClH/c1-20(11-14(22)21-8-6-19-7-9-21)10-12-4-2-3-5-13(12)23-15(16,17)18;/h2-5,19H,6-11H2,1H3;1H. The van der Waals surface area contributed by atoms with E-state index in [1.54, 1.807) is 29.0 Å². The number of amides is 1. The van der Waals surface area contributed by atoms with Crippen molar-refractivity contribution in [3.63, 3.8) is 0 Å². The molecule has 1 aliphatic rings. The third-order valence-corrected chi connectivity index (χ3v) is 3.51. The van der Waals surface area contributed by atoms with Crippen LogP contribution < -0.4 is 10.1 Å². The van der Waals surface area contributed by atoms with E-state index in [1.807, 2.05) is 0 Å². The lowest BCUT2D eigenvalue weighted by molar-refractivity contribution is -0.275. The zero-order valence-electron chi connectivity index (χ0n) is 13.3. The molecule has 2 rings (SSSR count). The first-order valence-corrected chi connectivity index (χ1v) is 7.36. The quantitative estimate of drug-likeness (QED) is 0.863. The van der Waals surface area contributed by atoms with E-state index in [9.17, 15) is 18.0 Å². The fourth-order valence-corrected chi connectivity index (χ4v) is 2.45. The van der Waals surface area contributed by atoms with E-state index in [-0.39, 0.29) is 37.2 Å². The van der Waals surface area contributed by atoms with Crippen LogP contribution >= 0.6 is 12.4 Å². The van der Waals surface area contributed by atoms with Crippen LogP contribution in [0.4, 0.5) is 13.2 Å². The van der Waals surface area contributed by atoms with Gasteiger partial charge in [0.2, 0.25) is 5.91 Å². The molecular formula is C15H21ClF3N3O2. The molecule has 0 saturated carbocycles. The maximum Gasteiger partial charge on any atom is 0.573 e. The molecule has 0 aromatic heterocycles. The Labute approximate surface area is 145 Å². The van der Waals surface area contributed by atoms with E-state index in [2.05, 4.69) is 10.1 Å². The summed E-state index contributed by atoms with van der Waals surface area (Å²) in [4.78, 5) is 15.6. The summed E-state index contributed by atoms with van der Waals surface area (Å²) in [7, 11) is 1.70. The van der Waals surface area contributed by atoms with E-state index >= 15 is 0 Å². The van der Waals surface area contributed by atoms with Crippen LogP contribution in [0.3, 0.4) is 0 Å². The lowest BCUT2D eigenvalue weighted by Gasteiger charge is -2.29. The van der Waals surface area contributed by atoms with Crippen molar-refractivity contribution in [3.8, 4) is 5.75 Å². The lowest BCUT2D eigenvalue weighted by atomic mass is 10.2. The van der Waals surface area contributed by atoms with Gasteiger partial charge in [0, 0.05) is 38.3 Å². The van der Waals surface area contributed by atoms with E-state index in [0.717, 1.165) is 13.1 Å². The van der Waals surface area contributed by atoms with Crippen LogP contribution in [0.1, 0.15) is 5.56 Å². The number of alkyl halides is 3. The Morgan fingerprint density at radius 2 is 1.92 bits per heavy atom. The van der Waals surface area contributed by atoms with E-state index in [1.165, 1.54) is 12.1 Å². The molecule has 1 aromatic rings. The van der Waals surface area contributed by atoms with Crippen LogP contribution in [0.15, 0.2) is 24.3 Å². The zero-order chi connectivity index (χ0) is 16.9. The van der Waals surface area contributed by atoms with E-state index in [0.29, 0.717) is 18.7 Å². The molecule has 1 aromatic carbocycles. The first-order chi connectivity index (χ1) is 10.8. The maximum absolute atomic E-state index is 12.4. The van der Waals surface area contributed by atoms with Crippen molar-refractivity contribution in [2.75, 3.05) is 39.8 Å². The number of benzene rings is 1. The second kappa shape index (κ2) is 9.10. The third-order valence-electron chi connectivity index (χ3n) is 3.51. The van der Waals surface area contributed by atoms with Crippen LogP contribution in [-0.2, 0) is 11.3 Å². The number of likely N-dealkylation sites (N-methyl/N-ethyl adjacent to an activating group) is 1. The summed E-state index contributed by atoms with van der Waals surface area (Å²) >= 11 is 0. The zero-order valence-corrected chi connectivity index (χ0v) is 14.1. The predicted octanol–water partition coefficient (Wildman–Crippen LogP) is 1.87. The van der Waals surface area contributed by atoms with Gasteiger partial charge in [-0.25, -0.2) is 0 Å². The van der Waals surface area contributed by atoms with Crippen LogP contribution in [-0.4, -0.2) is 61.8 Å². The Bertz CT molecular complexity index is 537. The number of nitrogens with one attached hydrogen (secondary N) is 1. The first kappa shape index (κ1) is 20.5. The Morgan fingerprint density at radius 1 is 1.29 bits per heavy atom. The summed E-state index contributed by atoms with van der Waals surface area (Å²) in [5, 5.41) is 3.16. The summed E-state index contributed by atoms with van der Waals surface area (Å²) in [5.74, 6) is -0.260. The topological polar surface area (TPSA) is 44.8 Å². The average Bonchev–Trinajstić information content (AvgIpc) is 2.48. The van der Waals surface area contributed by atoms with Crippen molar-refractivity contribution >= 4 is 18.3 Å². The van der Waals surface area contributed by atoms with Crippen molar-refractivity contribution in [3.05, 3.63) is 29.8 Å². The number of rotatable bonds is 5. The van der Waals surface area contributed by atoms with Gasteiger partial charge in [0.25, 0.3) is 0 Å². The Balaban J connectivity index is 0.00000288. The van der Waals surface area contributed by atoms with Crippen molar-refractivity contribution in [1.29, 1.82) is 0 Å². The number of hydrogen-bond donors (Lipinski definition) is 1. The van der Waals surface area contributed by atoms with Gasteiger partial charge in [0.05, 0.1) is 6.54 Å². The van der Waals surface area contributed by atoms with Gasteiger partial charge in [-0.1, -0.05) is 18.2 Å². The Kier molecular flexibility index (Phi) is 7.78. The normalized spacial score (nSPS) is 15.1. The first-order valence-electron chi connectivity index (χ1n) is 7.36. The van der Waals surface area contributed by atoms with Crippen molar-refractivity contribution < 1.29 is 22.7 Å². The lowest BCUT2D eigenvalue weighted by Crippen LogP contribution is -2.49. The van der Waals surface area contributed by atoms with Gasteiger partial charge < -0.3 is 15.0 Å². The maximum atomic E-state index is 12.4. The Hall–Kier alpha value is -1.51. The average molecular weight is 368 g/mol. The summed E-state index contributed by atoms with van der Waals surface area (Å²) in [6.45, 7) is 3.18. The molecular weight excluding hydrogens is 347 g/mol. The van der Waals surface area contributed by atoms with Crippen molar-refractivity contribution in [2.45, 2.75) is 12.9 Å². The number of piperazine rings is 1. The largest absolute Gasteiger partial charge is 0.573 e. The molecule has 0 unspecified atom stereocenters. The highest BCUT2D eigenvalue weighted by Gasteiger charge is 2.32. The molecule has 1 aliphatic heterocycles. The molecule has 136 valence electrons. The summed E-state index contributed by atoms with van der Waals surface area (Å²) in [6.07, 6.45) is -4.73. The predicted molar refractivity (Wildman–Crippen MR) is 86.2 cm³/mol. The molecule has 5 nitrogen and oxygen atoms in total. The highest BCUT2D eigenvalue weighted by molar-refractivity contribution is 5.85. The second-order valence-corrected chi connectivity index (χ2v) is 5.46. The third kappa shape index (κ3) is 6.54. The summed E-state index contributed by atoms with van der Waals surface area (Å²) in [6, 6.07) is 5.96.